The van der Waals surface area contributed by atoms with Crippen molar-refractivity contribution in [2.24, 2.45) is 11.5 Å². The van der Waals surface area contributed by atoms with E-state index in [1.807, 2.05) is 0 Å². The highest BCUT2D eigenvalue weighted by Crippen LogP contribution is 2.03. The number of hydrogen-bond donors (Lipinski definition) is 5. The van der Waals surface area contributed by atoms with Gasteiger partial charge >= 0.3 is 11.9 Å². The summed E-state index contributed by atoms with van der Waals surface area (Å²) < 4.78 is 0. The fraction of sp³-hybridized carbons (Fsp3) is 0.833. The maximum absolute atomic E-state index is 11.0. The van der Waals surface area contributed by atoms with Crippen LogP contribution in [0.15, 0.2) is 0 Å². The van der Waals surface area contributed by atoms with E-state index >= 15 is 0 Å². The first-order valence-corrected chi connectivity index (χ1v) is 6.63. The number of carboxylic acids is 2. The predicted molar refractivity (Wildman–Crippen MR) is 71.8 cm³/mol. The average molecular weight is 275 g/mol. The Morgan fingerprint density at radius 2 is 1.63 bits per heavy atom. The Labute approximate surface area is 113 Å². The molecule has 0 heterocycles. The third kappa shape index (κ3) is 9.40. The van der Waals surface area contributed by atoms with Crippen molar-refractivity contribution in [2.45, 2.75) is 50.6 Å². The van der Waals surface area contributed by atoms with Gasteiger partial charge in [0.1, 0.15) is 12.1 Å². The molecule has 0 radical (unpaired) electrons. The van der Waals surface area contributed by atoms with E-state index in [1.54, 1.807) is 0 Å². The van der Waals surface area contributed by atoms with Gasteiger partial charge in [0, 0.05) is 0 Å². The molecule has 0 aliphatic carbocycles. The third-order valence-corrected chi connectivity index (χ3v) is 2.89. The molecular formula is C12H25N3O4. The van der Waals surface area contributed by atoms with E-state index in [-0.39, 0.29) is 0 Å². The first-order chi connectivity index (χ1) is 8.99. The topological polar surface area (TPSA) is 139 Å². The van der Waals surface area contributed by atoms with E-state index < -0.39 is 24.0 Å². The van der Waals surface area contributed by atoms with Gasteiger partial charge in [-0.3, -0.25) is 9.59 Å². The molecule has 0 rings (SSSR count). The van der Waals surface area contributed by atoms with Crippen LogP contribution in [0.3, 0.4) is 0 Å². The van der Waals surface area contributed by atoms with Crippen LogP contribution in [0.2, 0.25) is 0 Å². The highest BCUT2D eigenvalue weighted by molar-refractivity contribution is 5.73. The van der Waals surface area contributed by atoms with Gasteiger partial charge in [-0.2, -0.15) is 0 Å². The molecular weight excluding hydrogens is 250 g/mol. The van der Waals surface area contributed by atoms with E-state index in [4.69, 9.17) is 21.7 Å². The number of rotatable bonds is 12. The van der Waals surface area contributed by atoms with Crippen molar-refractivity contribution < 1.29 is 19.8 Å². The average Bonchev–Trinajstić information content (AvgIpc) is 2.35. The lowest BCUT2D eigenvalue weighted by Crippen LogP contribution is -2.37. The van der Waals surface area contributed by atoms with Gasteiger partial charge in [0.15, 0.2) is 0 Å². The summed E-state index contributed by atoms with van der Waals surface area (Å²) in [6.07, 6.45) is 3.93. The second-order valence-corrected chi connectivity index (χ2v) is 4.57. The van der Waals surface area contributed by atoms with Crippen molar-refractivity contribution in [3.8, 4) is 0 Å². The van der Waals surface area contributed by atoms with Gasteiger partial charge in [0.25, 0.3) is 0 Å². The lowest BCUT2D eigenvalue weighted by Gasteiger charge is -2.14. The Bertz CT molecular complexity index is 274. The molecule has 0 aromatic rings. The molecule has 0 amide bonds. The van der Waals surface area contributed by atoms with Crippen LogP contribution in [0.25, 0.3) is 0 Å². The zero-order chi connectivity index (χ0) is 14.7. The Hall–Kier alpha value is -1.18. The number of nitrogens with one attached hydrogen (secondary N) is 1. The summed E-state index contributed by atoms with van der Waals surface area (Å²) in [5, 5.41) is 20.5. The summed E-state index contributed by atoms with van der Waals surface area (Å²) in [4.78, 5) is 21.4. The first kappa shape index (κ1) is 17.8. The SMILES string of the molecule is NCCCC[C@H](NCCCCC(N)C(=O)O)C(=O)O. The van der Waals surface area contributed by atoms with Crippen LogP contribution in [0.4, 0.5) is 0 Å². The minimum atomic E-state index is -1.00. The van der Waals surface area contributed by atoms with Crippen LogP contribution in [0.1, 0.15) is 38.5 Å². The fourth-order valence-electron chi connectivity index (χ4n) is 1.69. The van der Waals surface area contributed by atoms with Gasteiger partial charge in [-0.1, -0.05) is 12.8 Å². The predicted octanol–water partition coefficient (Wildman–Crippen LogP) is -0.260. The molecule has 0 fully saturated rings. The van der Waals surface area contributed by atoms with Crippen LogP contribution < -0.4 is 16.8 Å². The second kappa shape index (κ2) is 10.7. The van der Waals surface area contributed by atoms with Crippen LogP contribution in [-0.4, -0.2) is 47.3 Å². The molecule has 0 aromatic heterocycles. The number of unbranched alkanes of at least 4 members (excludes halogenated alkanes) is 2. The highest BCUT2D eigenvalue weighted by atomic mass is 16.4. The Morgan fingerprint density at radius 3 is 2.16 bits per heavy atom. The van der Waals surface area contributed by atoms with Gasteiger partial charge in [0.05, 0.1) is 0 Å². The minimum Gasteiger partial charge on any atom is -0.480 e. The molecule has 7 heteroatoms. The van der Waals surface area contributed by atoms with Gasteiger partial charge in [-0.15, -0.1) is 0 Å². The van der Waals surface area contributed by atoms with Crippen LogP contribution in [-0.2, 0) is 9.59 Å². The van der Waals surface area contributed by atoms with Crippen molar-refractivity contribution in [1.82, 2.24) is 5.32 Å². The standard InChI is InChI=1S/C12H25N3O4/c13-7-3-1-6-10(12(18)19)15-8-4-2-5-9(14)11(16)17/h9-10,15H,1-8,13-14H2,(H,16,17)(H,18,19)/t9?,10-/m0/s1. The van der Waals surface area contributed by atoms with Crippen molar-refractivity contribution in [1.29, 1.82) is 0 Å². The second-order valence-electron chi connectivity index (χ2n) is 4.57. The summed E-state index contributed by atoms with van der Waals surface area (Å²) in [6.45, 7) is 1.12. The van der Waals surface area contributed by atoms with Crippen molar-refractivity contribution in [3.05, 3.63) is 0 Å². The highest BCUT2D eigenvalue weighted by Gasteiger charge is 2.15. The maximum Gasteiger partial charge on any atom is 0.320 e. The molecule has 0 bridgehead atoms. The third-order valence-electron chi connectivity index (χ3n) is 2.89. The maximum atomic E-state index is 11.0. The van der Waals surface area contributed by atoms with Gasteiger partial charge in [0.2, 0.25) is 0 Å². The molecule has 0 aliphatic heterocycles. The van der Waals surface area contributed by atoms with Crippen LogP contribution in [0, 0.1) is 0 Å². The van der Waals surface area contributed by atoms with Crippen molar-refractivity contribution in [3.63, 3.8) is 0 Å². The molecule has 112 valence electrons. The van der Waals surface area contributed by atoms with Gasteiger partial charge in [-0.05, 0) is 38.8 Å². The number of nitrogens with two attached hydrogens (primary N) is 2. The monoisotopic (exact) mass is 275 g/mol. The smallest absolute Gasteiger partial charge is 0.320 e. The number of carboxylic acid groups (broad SMARTS) is 2. The fourth-order valence-corrected chi connectivity index (χ4v) is 1.69. The molecule has 0 saturated carbocycles. The molecule has 0 saturated heterocycles. The molecule has 2 atom stereocenters. The molecule has 7 N–H and O–H groups in total. The largest absolute Gasteiger partial charge is 0.480 e. The number of aliphatic carboxylic acids is 2. The summed E-state index contributed by atoms with van der Waals surface area (Å²) in [5.41, 5.74) is 10.7. The Morgan fingerprint density at radius 1 is 1.00 bits per heavy atom. The van der Waals surface area contributed by atoms with Crippen molar-refractivity contribution >= 4 is 11.9 Å². The molecule has 19 heavy (non-hydrogen) atoms. The summed E-state index contributed by atoms with van der Waals surface area (Å²) >= 11 is 0. The van der Waals surface area contributed by atoms with E-state index in [1.165, 1.54) is 0 Å². The molecule has 1 unspecified atom stereocenters. The number of carbonyl (C=O) groups is 2. The molecule has 0 spiro atoms. The van der Waals surface area contributed by atoms with Gasteiger partial charge < -0.3 is 27.0 Å². The normalized spacial score (nSPS) is 14.0. The van der Waals surface area contributed by atoms with Crippen molar-refractivity contribution in [2.75, 3.05) is 13.1 Å². The van der Waals surface area contributed by atoms with Crippen LogP contribution >= 0.6 is 0 Å². The van der Waals surface area contributed by atoms with E-state index in [0.29, 0.717) is 38.8 Å². The zero-order valence-corrected chi connectivity index (χ0v) is 11.2. The van der Waals surface area contributed by atoms with Crippen LogP contribution in [0.5, 0.6) is 0 Å². The Balaban J connectivity index is 3.69. The quantitative estimate of drug-likeness (QED) is 0.309. The van der Waals surface area contributed by atoms with E-state index in [9.17, 15) is 9.59 Å². The summed E-state index contributed by atoms with van der Waals surface area (Å²) in [7, 11) is 0. The van der Waals surface area contributed by atoms with E-state index in [2.05, 4.69) is 5.32 Å². The lowest BCUT2D eigenvalue weighted by molar-refractivity contribution is -0.140. The van der Waals surface area contributed by atoms with Gasteiger partial charge in [-0.25, -0.2) is 0 Å². The zero-order valence-electron chi connectivity index (χ0n) is 11.2. The minimum absolute atomic E-state index is 0.405. The summed E-state index contributed by atoms with van der Waals surface area (Å²) in [5.74, 6) is -1.86. The molecule has 0 aromatic carbocycles. The molecule has 0 aliphatic rings. The Kier molecular flexibility index (Phi) is 10.1. The number of hydrogen-bond acceptors (Lipinski definition) is 5. The first-order valence-electron chi connectivity index (χ1n) is 6.63. The summed E-state index contributed by atoms with van der Waals surface area (Å²) in [6, 6.07) is -1.39. The molecule has 7 nitrogen and oxygen atoms in total. The van der Waals surface area contributed by atoms with E-state index in [0.717, 1.165) is 12.8 Å². The lowest BCUT2D eigenvalue weighted by atomic mass is 10.1.